The van der Waals surface area contributed by atoms with Gasteiger partial charge in [-0.25, -0.2) is 4.39 Å². The summed E-state index contributed by atoms with van der Waals surface area (Å²) in [5.41, 5.74) is 0. The normalized spacial score (nSPS) is 27.6. The van der Waals surface area contributed by atoms with Crippen molar-refractivity contribution in [3.63, 3.8) is 0 Å². The van der Waals surface area contributed by atoms with E-state index in [1.165, 1.54) is 23.9 Å². The third kappa shape index (κ3) is 2.67. The maximum atomic E-state index is 12.8. The second-order valence-electron chi connectivity index (χ2n) is 4.63. The van der Waals surface area contributed by atoms with Gasteiger partial charge in [-0.15, -0.1) is 11.8 Å². The number of rotatable bonds is 3. The van der Waals surface area contributed by atoms with Gasteiger partial charge in [0.25, 0.3) is 0 Å². The van der Waals surface area contributed by atoms with Crippen molar-refractivity contribution in [1.29, 1.82) is 0 Å². The Morgan fingerprint density at radius 3 is 2.44 bits per heavy atom. The quantitative estimate of drug-likeness (QED) is 0.856. The van der Waals surface area contributed by atoms with Gasteiger partial charge in [0.2, 0.25) is 0 Å². The minimum Gasteiger partial charge on any atom is -0.458 e. The van der Waals surface area contributed by atoms with Crippen LogP contribution < -0.4 is 0 Å². The van der Waals surface area contributed by atoms with Crippen molar-refractivity contribution < 1.29 is 19.0 Å². The first-order chi connectivity index (χ1) is 8.49. The standard InChI is InChI=1S/C13H15FO3S/c1-7(2)11-10(15)12(13(16)17-11)18-9-5-3-8(14)4-6-9/h3-7,10-12,15H,1-2H3/t10-,11-,12-/m0/s1. The average molecular weight is 270 g/mol. The first-order valence-corrected chi connectivity index (χ1v) is 6.68. The van der Waals surface area contributed by atoms with E-state index in [1.54, 1.807) is 12.1 Å². The Labute approximate surface area is 109 Å². The summed E-state index contributed by atoms with van der Waals surface area (Å²) < 4.78 is 17.9. The number of thioether (sulfide) groups is 1. The number of benzene rings is 1. The minimum absolute atomic E-state index is 0.0720. The van der Waals surface area contributed by atoms with E-state index in [2.05, 4.69) is 0 Å². The molecule has 98 valence electrons. The number of carbonyl (C=O) groups is 1. The summed E-state index contributed by atoms with van der Waals surface area (Å²) in [6.07, 6.45) is -1.29. The van der Waals surface area contributed by atoms with Crippen LogP contribution in [0.3, 0.4) is 0 Å². The van der Waals surface area contributed by atoms with Crippen LogP contribution in [0.1, 0.15) is 13.8 Å². The topological polar surface area (TPSA) is 46.5 Å². The second-order valence-corrected chi connectivity index (χ2v) is 5.84. The molecule has 1 heterocycles. The van der Waals surface area contributed by atoms with Gasteiger partial charge in [0.15, 0.2) is 0 Å². The summed E-state index contributed by atoms with van der Waals surface area (Å²) in [5, 5.41) is 9.43. The van der Waals surface area contributed by atoms with Crippen LogP contribution in [0.25, 0.3) is 0 Å². The van der Waals surface area contributed by atoms with E-state index in [-0.39, 0.29) is 11.7 Å². The zero-order valence-electron chi connectivity index (χ0n) is 10.2. The highest BCUT2D eigenvalue weighted by atomic mass is 32.2. The van der Waals surface area contributed by atoms with Crippen molar-refractivity contribution in [1.82, 2.24) is 0 Å². The molecule has 3 atom stereocenters. The zero-order valence-corrected chi connectivity index (χ0v) is 11.0. The Morgan fingerprint density at radius 1 is 1.33 bits per heavy atom. The summed E-state index contributed by atoms with van der Waals surface area (Å²) in [6, 6.07) is 5.83. The van der Waals surface area contributed by atoms with Crippen LogP contribution in [0.4, 0.5) is 4.39 Å². The molecule has 0 aromatic heterocycles. The molecule has 18 heavy (non-hydrogen) atoms. The molecule has 0 bridgehead atoms. The molecule has 1 fully saturated rings. The van der Waals surface area contributed by atoms with E-state index in [0.29, 0.717) is 0 Å². The van der Waals surface area contributed by atoms with Crippen LogP contribution in [0.15, 0.2) is 29.2 Å². The van der Waals surface area contributed by atoms with E-state index in [4.69, 9.17) is 4.74 Å². The van der Waals surface area contributed by atoms with Gasteiger partial charge in [-0.3, -0.25) is 4.79 Å². The molecule has 1 aromatic rings. The number of aliphatic hydroxyl groups excluding tert-OH is 1. The average Bonchev–Trinajstić information content (AvgIpc) is 2.60. The number of ether oxygens (including phenoxy) is 1. The fraction of sp³-hybridized carbons (Fsp3) is 0.462. The maximum absolute atomic E-state index is 12.8. The SMILES string of the molecule is CC(C)[C@@H]1OC(=O)[C@@H](Sc2ccc(F)cc2)[C@H]1O. The van der Waals surface area contributed by atoms with Crippen LogP contribution in [-0.4, -0.2) is 28.5 Å². The predicted octanol–water partition coefficient (Wildman–Crippen LogP) is 2.23. The van der Waals surface area contributed by atoms with Gasteiger partial charge in [-0.1, -0.05) is 13.8 Å². The molecule has 1 aliphatic rings. The fourth-order valence-corrected chi connectivity index (χ4v) is 2.92. The number of hydrogen-bond donors (Lipinski definition) is 1. The Balaban J connectivity index is 2.09. The number of halogens is 1. The number of aliphatic hydroxyl groups is 1. The number of carbonyl (C=O) groups excluding carboxylic acids is 1. The van der Waals surface area contributed by atoms with Crippen molar-refractivity contribution in [2.24, 2.45) is 5.92 Å². The molecule has 0 aliphatic carbocycles. The van der Waals surface area contributed by atoms with Gasteiger partial charge >= 0.3 is 5.97 Å². The molecule has 0 radical (unpaired) electrons. The monoisotopic (exact) mass is 270 g/mol. The first kappa shape index (κ1) is 13.4. The molecule has 1 aromatic carbocycles. The molecule has 1 N–H and O–H groups in total. The summed E-state index contributed by atoms with van der Waals surface area (Å²) in [4.78, 5) is 12.4. The zero-order chi connectivity index (χ0) is 13.3. The summed E-state index contributed by atoms with van der Waals surface area (Å²) >= 11 is 1.21. The van der Waals surface area contributed by atoms with Crippen molar-refractivity contribution in [2.45, 2.75) is 36.2 Å². The van der Waals surface area contributed by atoms with Crippen molar-refractivity contribution >= 4 is 17.7 Å². The van der Waals surface area contributed by atoms with Crippen LogP contribution in [0.5, 0.6) is 0 Å². The number of hydrogen-bond acceptors (Lipinski definition) is 4. The van der Waals surface area contributed by atoms with Crippen LogP contribution >= 0.6 is 11.8 Å². The molecule has 5 heteroatoms. The Morgan fingerprint density at radius 2 is 1.94 bits per heavy atom. The first-order valence-electron chi connectivity index (χ1n) is 5.80. The van der Waals surface area contributed by atoms with Gasteiger partial charge in [0.05, 0.1) is 0 Å². The van der Waals surface area contributed by atoms with E-state index in [1.807, 2.05) is 13.8 Å². The van der Waals surface area contributed by atoms with Gasteiger partial charge < -0.3 is 9.84 Å². The summed E-state index contributed by atoms with van der Waals surface area (Å²) in [7, 11) is 0. The molecule has 2 rings (SSSR count). The van der Waals surface area contributed by atoms with Gasteiger partial charge in [0.1, 0.15) is 23.3 Å². The van der Waals surface area contributed by atoms with Crippen molar-refractivity contribution in [2.75, 3.05) is 0 Å². The van der Waals surface area contributed by atoms with Crippen LogP contribution in [-0.2, 0) is 9.53 Å². The highest BCUT2D eigenvalue weighted by molar-refractivity contribution is 8.00. The van der Waals surface area contributed by atoms with Gasteiger partial charge in [-0.2, -0.15) is 0 Å². The van der Waals surface area contributed by atoms with Crippen molar-refractivity contribution in [3.8, 4) is 0 Å². The molecule has 0 amide bonds. The van der Waals surface area contributed by atoms with E-state index in [0.717, 1.165) is 4.90 Å². The highest BCUT2D eigenvalue weighted by Crippen LogP contribution is 2.34. The summed E-state index contributed by atoms with van der Waals surface area (Å²) in [5.74, 6) is -0.660. The molecular formula is C13H15FO3S. The van der Waals surface area contributed by atoms with Gasteiger partial charge in [-0.05, 0) is 30.2 Å². The molecular weight excluding hydrogens is 255 g/mol. The smallest absolute Gasteiger partial charge is 0.322 e. The van der Waals surface area contributed by atoms with Crippen molar-refractivity contribution in [3.05, 3.63) is 30.1 Å². The molecule has 3 nitrogen and oxygen atoms in total. The number of cyclic esters (lactones) is 1. The highest BCUT2D eigenvalue weighted by Gasteiger charge is 2.45. The minimum atomic E-state index is -0.826. The van der Waals surface area contributed by atoms with E-state index >= 15 is 0 Å². The van der Waals surface area contributed by atoms with Crippen LogP contribution in [0, 0.1) is 11.7 Å². The lowest BCUT2D eigenvalue weighted by atomic mass is 10.0. The Kier molecular flexibility index (Phi) is 3.92. The molecule has 0 unspecified atom stereocenters. The fourth-order valence-electron chi connectivity index (χ4n) is 1.89. The Hall–Kier alpha value is -1.07. The molecule has 1 aliphatic heterocycles. The molecule has 0 spiro atoms. The molecule has 0 saturated carbocycles. The number of esters is 1. The van der Waals surface area contributed by atoms with E-state index < -0.39 is 23.4 Å². The van der Waals surface area contributed by atoms with Crippen LogP contribution in [0.2, 0.25) is 0 Å². The lowest BCUT2D eigenvalue weighted by Crippen LogP contribution is -2.32. The molecule has 1 saturated heterocycles. The lowest BCUT2D eigenvalue weighted by molar-refractivity contribution is -0.143. The second kappa shape index (κ2) is 5.28. The third-order valence-electron chi connectivity index (χ3n) is 2.87. The summed E-state index contributed by atoms with van der Waals surface area (Å²) in [6.45, 7) is 3.79. The van der Waals surface area contributed by atoms with E-state index in [9.17, 15) is 14.3 Å². The van der Waals surface area contributed by atoms with Gasteiger partial charge in [0, 0.05) is 4.90 Å². The predicted molar refractivity (Wildman–Crippen MR) is 66.8 cm³/mol. The maximum Gasteiger partial charge on any atom is 0.322 e. The largest absolute Gasteiger partial charge is 0.458 e. The Bertz CT molecular complexity index is 432. The third-order valence-corrected chi connectivity index (χ3v) is 4.13. The lowest BCUT2D eigenvalue weighted by Gasteiger charge is -2.18.